The molecule has 8 heteroatoms. The summed E-state index contributed by atoms with van der Waals surface area (Å²) in [7, 11) is 0.768. The topological polar surface area (TPSA) is 54.5 Å². The molecule has 25 heavy (non-hydrogen) atoms. The van der Waals surface area contributed by atoms with Crippen LogP contribution < -0.4 is 0 Å². The lowest BCUT2D eigenvalue weighted by molar-refractivity contribution is -0.131. The number of amides is 1. The molecule has 140 valence electrons. The highest BCUT2D eigenvalue weighted by atomic mass is 33.1. The minimum Gasteiger partial charge on any atom is -0.342 e. The highest BCUT2D eigenvalue weighted by Crippen LogP contribution is 2.40. The van der Waals surface area contributed by atoms with Crippen molar-refractivity contribution in [1.82, 2.24) is 4.90 Å². The highest BCUT2D eigenvalue weighted by molar-refractivity contribution is 8.77. The zero-order chi connectivity index (χ0) is 17.7. The fourth-order valence-corrected chi connectivity index (χ4v) is 9.39. The van der Waals surface area contributed by atoms with Crippen molar-refractivity contribution in [3.05, 3.63) is 22.4 Å². The van der Waals surface area contributed by atoms with Crippen molar-refractivity contribution in [2.75, 3.05) is 24.6 Å². The fourth-order valence-electron chi connectivity index (χ4n) is 3.36. The minimum absolute atomic E-state index is 0.0806. The standard InChI is InChI=1S/C17H25NO3S4/c19-17(6-2-1-4-14-8-12-23-24-14)18-9-7-16(15-5-3-11-22-15)25(20,21)13-10-18/h3,5,11,14,16H,1-2,4,6-10,12-13H2/t14-,16+/m1/s1. The number of hydrogen-bond donors (Lipinski definition) is 0. The summed E-state index contributed by atoms with van der Waals surface area (Å²) in [6.07, 6.45) is 5.56. The Morgan fingerprint density at radius 1 is 1.24 bits per heavy atom. The molecule has 0 N–H and O–H groups in total. The number of unbranched alkanes of at least 4 members (excludes halogenated alkanes) is 1. The molecular formula is C17H25NO3S4. The van der Waals surface area contributed by atoms with Gasteiger partial charge in [0.2, 0.25) is 5.91 Å². The number of sulfone groups is 1. The summed E-state index contributed by atoms with van der Waals surface area (Å²) in [5.74, 6) is 1.45. The summed E-state index contributed by atoms with van der Waals surface area (Å²) in [6.45, 7) is 0.897. The second kappa shape index (κ2) is 9.15. The van der Waals surface area contributed by atoms with E-state index < -0.39 is 15.1 Å². The predicted octanol–water partition coefficient (Wildman–Crippen LogP) is 4.15. The van der Waals surface area contributed by atoms with Crippen molar-refractivity contribution in [2.24, 2.45) is 0 Å². The molecule has 2 aliphatic heterocycles. The average Bonchev–Trinajstić information content (AvgIpc) is 3.25. The maximum Gasteiger partial charge on any atom is 0.222 e. The summed E-state index contributed by atoms with van der Waals surface area (Å²) >= 11 is 1.49. The molecule has 1 amide bonds. The number of carbonyl (C=O) groups excluding carboxylic acids is 1. The minimum atomic E-state index is -3.17. The Hall–Kier alpha value is -0.180. The SMILES string of the molecule is O=C(CCCC[C@@H]1CCSS1)N1CC[C@@H](c2cccs2)S(=O)(=O)CC1. The van der Waals surface area contributed by atoms with Crippen molar-refractivity contribution in [2.45, 2.75) is 49.0 Å². The van der Waals surface area contributed by atoms with Crippen LogP contribution in [0.4, 0.5) is 0 Å². The van der Waals surface area contributed by atoms with Crippen LogP contribution in [0.3, 0.4) is 0 Å². The number of rotatable bonds is 6. The predicted molar refractivity (Wildman–Crippen MR) is 109 cm³/mol. The third kappa shape index (κ3) is 5.40. The van der Waals surface area contributed by atoms with Gasteiger partial charge in [-0.25, -0.2) is 8.42 Å². The van der Waals surface area contributed by atoms with Crippen LogP contribution >= 0.6 is 32.9 Å². The smallest absolute Gasteiger partial charge is 0.222 e. The van der Waals surface area contributed by atoms with Crippen molar-refractivity contribution in [1.29, 1.82) is 0 Å². The monoisotopic (exact) mass is 419 g/mol. The van der Waals surface area contributed by atoms with E-state index in [2.05, 4.69) is 0 Å². The van der Waals surface area contributed by atoms with Crippen LogP contribution in [0.1, 0.15) is 48.7 Å². The van der Waals surface area contributed by atoms with Crippen LogP contribution in [-0.2, 0) is 14.6 Å². The number of nitrogens with zero attached hydrogens (tertiary/aromatic N) is 1. The molecule has 2 saturated heterocycles. The molecule has 1 aromatic rings. The van der Waals surface area contributed by atoms with E-state index >= 15 is 0 Å². The summed E-state index contributed by atoms with van der Waals surface area (Å²) in [4.78, 5) is 15.1. The Balaban J connectivity index is 1.47. The lowest BCUT2D eigenvalue weighted by Crippen LogP contribution is -2.33. The molecule has 0 aliphatic carbocycles. The first kappa shape index (κ1) is 19.6. The van der Waals surface area contributed by atoms with E-state index in [1.165, 1.54) is 29.9 Å². The summed E-state index contributed by atoms with van der Waals surface area (Å²) in [6, 6.07) is 3.79. The molecule has 0 aromatic carbocycles. The van der Waals surface area contributed by atoms with E-state index in [0.29, 0.717) is 25.9 Å². The van der Waals surface area contributed by atoms with Gasteiger partial charge in [-0.2, -0.15) is 0 Å². The van der Waals surface area contributed by atoms with Gasteiger partial charge in [0, 0.05) is 35.4 Å². The summed E-state index contributed by atoms with van der Waals surface area (Å²) in [5.41, 5.74) is 0. The van der Waals surface area contributed by atoms with Crippen LogP contribution in [0.25, 0.3) is 0 Å². The Bertz CT molecular complexity index is 653. The van der Waals surface area contributed by atoms with Crippen molar-refractivity contribution in [3.63, 3.8) is 0 Å². The molecule has 3 heterocycles. The van der Waals surface area contributed by atoms with E-state index in [4.69, 9.17) is 0 Å². The van der Waals surface area contributed by atoms with E-state index in [1.807, 2.05) is 39.1 Å². The van der Waals surface area contributed by atoms with Crippen LogP contribution in [0.15, 0.2) is 17.5 Å². The first-order chi connectivity index (χ1) is 12.1. The van der Waals surface area contributed by atoms with Gasteiger partial charge in [0.25, 0.3) is 0 Å². The zero-order valence-corrected chi connectivity index (χ0v) is 17.5. The molecule has 0 spiro atoms. The van der Waals surface area contributed by atoms with E-state index in [9.17, 15) is 13.2 Å². The summed E-state index contributed by atoms with van der Waals surface area (Å²) in [5, 5.41) is 2.23. The fraction of sp³-hybridized carbons (Fsp3) is 0.706. The Kier molecular flexibility index (Phi) is 7.17. The van der Waals surface area contributed by atoms with Gasteiger partial charge in [-0.05, 0) is 37.1 Å². The molecule has 0 bridgehead atoms. The molecule has 2 aliphatic rings. The van der Waals surface area contributed by atoms with E-state index in [0.717, 1.165) is 23.0 Å². The normalized spacial score (nSPS) is 26.5. The van der Waals surface area contributed by atoms with Gasteiger partial charge in [-0.15, -0.1) is 11.3 Å². The van der Waals surface area contributed by atoms with Gasteiger partial charge in [0.05, 0.1) is 11.0 Å². The van der Waals surface area contributed by atoms with Crippen LogP contribution in [-0.4, -0.2) is 49.1 Å². The Morgan fingerprint density at radius 2 is 2.12 bits per heavy atom. The Labute approximate surface area is 162 Å². The molecule has 1 aromatic heterocycles. The van der Waals surface area contributed by atoms with Crippen LogP contribution in [0.2, 0.25) is 0 Å². The van der Waals surface area contributed by atoms with Crippen molar-refractivity contribution < 1.29 is 13.2 Å². The maximum absolute atomic E-state index is 12.5. The lowest BCUT2D eigenvalue weighted by Gasteiger charge is -2.20. The maximum atomic E-state index is 12.5. The van der Waals surface area contributed by atoms with E-state index in [1.54, 1.807) is 4.90 Å². The van der Waals surface area contributed by atoms with Gasteiger partial charge in [-0.1, -0.05) is 34.1 Å². The zero-order valence-electron chi connectivity index (χ0n) is 14.3. The number of hydrogen-bond acceptors (Lipinski definition) is 6. The molecule has 4 nitrogen and oxygen atoms in total. The van der Waals surface area contributed by atoms with Crippen molar-refractivity contribution in [3.8, 4) is 0 Å². The van der Waals surface area contributed by atoms with E-state index in [-0.39, 0.29) is 11.7 Å². The second-order valence-corrected chi connectivity index (χ2v) is 12.7. The molecule has 0 unspecified atom stereocenters. The first-order valence-corrected chi connectivity index (χ1v) is 13.8. The van der Waals surface area contributed by atoms with Crippen LogP contribution in [0, 0.1) is 0 Å². The van der Waals surface area contributed by atoms with Gasteiger partial charge >= 0.3 is 0 Å². The lowest BCUT2D eigenvalue weighted by atomic mass is 10.1. The highest BCUT2D eigenvalue weighted by Gasteiger charge is 2.33. The molecule has 0 radical (unpaired) electrons. The van der Waals surface area contributed by atoms with Crippen LogP contribution in [0.5, 0.6) is 0 Å². The first-order valence-electron chi connectivity index (χ1n) is 8.87. The van der Waals surface area contributed by atoms with Crippen molar-refractivity contribution >= 4 is 48.7 Å². The van der Waals surface area contributed by atoms with Gasteiger partial charge < -0.3 is 4.90 Å². The van der Waals surface area contributed by atoms with Gasteiger partial charge in [0.15, 0.2) is 9.84 Å². The average molecular weight is 420 g/mol. The quantitative estimate of drug-likeness (QED) is 0.512. The molecular weight excluding hydrogens is 394 g/mol. The van der Waals surface area contributed by atoms with Gasteiger partial charge in [-0.3, -0.25) is 4.79 Å². The third-order valence-corrected chi connectivity index (χ3v) is 11.1. The molecule has 3 rings (SSSR count). The third-order valence-electron chi connectivity index (χ3n) is 4.85. The number of thiophene rings is 1. The largest absolute Gasteiger partial charge is 0.342 e. The summed E-state index contributed by atoms with van der Waals surface area (Å²) < 4.78 is 25.1. The molecule has 2 atom stereocenters. The Morgan fingerprint density at radius 3 is 2.84 bits per heavy atom. The van der Waals surface area contributed by atoms with Gasteiger partial charge in [0.1, 0.15) is 0 Å². The number of carbonyl (C=O) groups is 1. The molecule has 2 fully saturated rings. The molecule has 0 saturated carbocycles. The second-order valence-electron chi connectivity index (χ2n) is 6.62.